The van der Waals surface area contributed by atoms with Crippen LogP contribution in [0, 0.1) is 0 Å². The van der Waals surface area contributed by atoms with Crippen LogP contribution >= 0.6 is 11.6 Å². The van der Waals surface area contributed by atoms with Gasteiger partial charge in [0, 0.05) is 38.4 Å². The third kappa shape index (κ3) is 5.09. The fourth-order valence-corrected chi connectivity index (χ4v) is 6.13. The summed E-state index contributed by atoms with van der Waals surface area (Å²) in [5.74, 6) is -0.532. The van der Waals surface area contributed by atoms with Gasteiger partial charge in [-0.25, -0.2) is 21.1 Å². The minimum Gasteiger partial charge on any atom is -0.322 e. The average Bonchev–Trinajstić information content (AvgIpc) is 2.74. The second-order valence-electron chi connectivity index (χ2n) is 7.38. The standard InChI is InChI=1S/C20H24ClN3O5S2/c1-23(2)30(26,27)17-9-7-16(8-10-17)22-20(25)15-6-11-18(21)19(14-15)31(28,29)24-12-4-3-5-13-24/h6-11,14H,3-5,12-13H2,1-2H3,(H,22,25). The third-order valence-electron chi connectivity index (χ3n) is 5.02. The Morgan fingerprint density at radius 2 is 1.58 bits per heavy atom. The zero-order valence-corrected chi connectivity index (χ0v) is 19.6. The lowest BCUT2D eigenvalue weighted by molar-refractivity contribution is 0.102. The third-order valence-corrected chi connectivity index (χ3v) is 9.23. The first-order valence-corrected chi connectivity index (χ1v) is 12.9. The Morgan fingerprint density at radius 3 is 2.16 bits per heavy atom. The molecule has 11 heteroatoms. The maximum absolute atomic E-state index is 13.0. The highest BCUT2D eigenvalue weighted by atomic mass is 35.5. The topological polar surface area (TPSA) is 104 Å². The molecule has 1 aliphatic heterocycles. The van der Waals surface area contributed by atoms with Gasteiger partial charge in [0.25, 0.3) is 5.91 Å². The highest BCUT2D eigenvalue weighted by Gasteiger charge is 2.28. The molecule has 0 aliphatic carbocycles. The van der Waals surface area contributed by atoms with E-state index in [1.54, 1.807) is 0 Å². The van der Waals surface area contributed by atoms with E-state index in [1.165, 1.54) is 60.9 Å². The number of hydrogen-bond donors (Lipinski definition) is 1. The van der Waals surface area contributed by atoms with Crippen molar-refractivity contribution < 1.29 is 21.6 Å². The Kier molecular flexibility index (Phi) is 7.07. The number of halogens is 1. The highest BCUT2D eigenvalue weighted by molar-refractivity contribution is 7.89. The predicted molar refractivity (Wildman–Crippen MR) is 119 cm³/mol. The lowest BCUT2D eigenvalue weighted by Crippen LogP contribution is -2.35. The van der Waals surface area contributed by atoms with Gasteiger partial charge in [-0.1, -0.05) is 18.0 Å². The van der Waals surface area contributed by atoms with Crippen LogP contribution in [0.25, 0.3) is 0 Å². The lowest BCUT2D eigenvalue weighted by atomic mass is 10.2. The molecule has 8 nitrogen and oxygen atoms in total. The second-order valence-corrected chi connectivity index (χ2v) is 11.8. The van der Waals surface area contributed by atoms with Crippen LogP contribution in [0.15, 0.2) is 52.3 Å². The Morgan fingerprint density at radius 1 is 0.968 bits per heavy atom. The smallest absolute Gasteiger partial charge is 0.255 e. The summed E-state index contributed by atoms with van der Waals surface area (Å²) >= 11 is 6.15. The van der Waals surface area contributed by atoms with Gasteiger partial charge in [0.15, 0.2) is 0 Å². The van der Waals surface area contributed by atoms with Gasteiger partial charge in [0.2, 0.25) is 20.0 Å². The molecule has 1 saturated heterocycles. The van der Waals surface area contributed by atoms with Crippen molar-refractivity contribution in [2.45, 2.75) is 29.1 Å². The molecule has 0 bridgehead atoms. The zero-order valence-electron chi connectivity index (χ0n) is 17.2. The molecule has 31 heavy (non-hydrogen) atoms. The number of rotatable bonds is 6. The van der Waals surface area contributed by atoms with Crippen molar-refractivity contribution in [3.8, 4) is 0 Å². The zero-order chi connectivity index (χ0) is 22.8. The number of amides is 1. The van der Waals surface area contributed by atoms with Crippen molar-refractivity contribution in [3.63, 3.8) is 0 Å². The van der Waals surface area contributed by atoms with Gasteiger partial charge in [-0.15, -0.1) is 0 Å². The Balaban J connectivity index is 1.82. The Hall–Kier alpha value is -1.98. The van der Waals surface area contributed by atoms with Crippen molar-refractivity contribution in [1.29, 1.82) is 0 Å². The van der Waals surface area contributed by atoms with Crippen molar-refractivity contribution in [2.24, 2.45) is 0 Å². The summed E-state index contributed by atoms with van der Waals surface area (Å²) in [4.78, 5) is 12.7. The number of anilines is 1. The minimum absolute atomic E-state index is 0.0559. The number of nitrogens with one attached hydrogen (secondary N) is 1. The molecule has 2 aromatic carbocycles. The predicted octanol–water partition coefficient (Wildman–Crippen LogP) is 3.02. The Bertz CT molecular complexity index is 1170. The Labute approximate surface area is 187 Å². The summed E-state index contributed by atoms with van der Waals surface area (Å²) in [6.07, 6.45) is 2.56. The van der Waals surface area contributed by atoms with E-state index in [9.17, 15) is 21.6 Å². The molecule has 0 radical (unpaired) electrons. The van der Waals surface area contributed by atoms with E-state index in [2.05, 4.69) is 5.32 Å². The van der Waals surface area contributed by atoms with Gasteiger partial charge in [-0.3, -0.25) is 4.79 Å². The molecule has 0 spiro atoms. The molecule has 0 aromatic heterocycles. The van der Waals surface area contributed by atoms with Crippen molar-refractivity contribution >= 4 is 43.2 Å². The highest BCUT2D eigenvalue weighted by Crippen LogP contribution is 2.28. The number of carbonyl (C=O) groups is 1. The lowest BCUT2D eigenvalue weighted by Gasteiger charge is -2.26. The first-order chi connectivity index (χ1) is 14.5. The number of sulfonamides is 2. The molecular weight excluding hydrogens is 462 g/mol. The van der Waals surface area contributed by atoms with Gasteiger partial charge in [-0.05, 0) is 55.3 Å². The summed E-state index contributed by atoms with van der Waals surface area (Å²) in [6.45, 7) is 0.856. The molecule has 0 unspecified atom stereocenters. The molecule has 0 saturated carbocycles. The van der Waals surface area contributed by atoms with Crippen LogP contribution in [-0.4, -0.2) is 58.5 Å². The van der Waals surface area contributed by atoms with Crippen LogP contribution in [0.1, 0.15) is 29.6 Å². The van der Waals surface area contributed by atoms with Gasteiger partial charge in [-0.2, -0.15) is 4.31 Å². The quantitative estimate of drug-likeness (QED) is 0.677. The van der Waals surface area contributed by atoms with Gasteiger partial charge in [0.05, 0.1) is 9.92 Å². The van der Waals surface area contributed by atoms with Crippen LogP contribution in [0.2, 0.25) is 5.02 Å². The molecule has 1 fully saturated rings. The van der Waals surface area contributed by atoms with Crippen LogP contribution < -0.4 is 5.32 Å². The molecule has 0 atom stereocenters. The average molecular weight is 486 g/mol. The van der Waals surface area contributed by atoms with Gasteiger partial charge < -0.3 is 5.32 Å². The fourth-order valence-electron chi connectivity index (χ4n) is 3.21. The number of piperidine rings is 1. The van der Waals surface area contributed by atoms with Crippen molar-refractivity contribution in [2.75, 3.05) is 32.5 Å². The van der Waals surface area contributed by atoms with E-state index in [4.69, 9.17) is 11.6 Å². The molecular formula is C20H24ClN3O5S2. The molecule has 2 aromatic rings. The maximum Gasteiger partial charge on any atom is 0.255 e. The monoisotopic (exact) mass is 485 g/mol. The summed E-state index contributed by atoms with van der Waals surface area (Å²) < 4.78 is 52.7. The molecule has 1 N–H and O–H groups in total. The number of benzene rings is 2. The first-order valence-electron chi connectivity index (χ1n) is 9.67. The van der Waals surface area contributed by atoms with Crippen LogP contribution in [-0.2, 0) is 20.0 Å². The van der Waals surface area contributed by atoms with Gasteiger partial charge in [0.1, 0.15) is 4.90 Å². The molecule has 1 heterocycles. The van der Waals surface area contributed by atoms with E-state index in [0.717, 1.165) is 23.6 Å². The SMILES string of the molecule is CN(C)S(=O)(=O)c1ccc(NC(=O)c2ccc(Cl)c(S(=O)(=O)N3CCCCC3)c2)cc1. The number of carbonyl (C=O) groups excluding carboxylic acids is 1. The molecule has 1 aliphatic rings. The van der Waals surface area contributed by atoms with E-state index in [1.807, 2.05) is 0 Å². The van der Waals surface area contributed by atoms with E-state index in [-0.39, 0.29) is 20.4 Å². The van der Waals surface area contributed by atoms with Crippen molar-refractivity contribution in [1.82, 2.24) is 8.61 Å². The summed E-state index contributed by atoms with van der Waals surface area (Å²) in [7, 11) is -4.52. The van der Waals surface area contributed by atoms with Crippen LogP contribution in [0.3, 0.4) is 0 Å². The molecule has 168 valence electrons. The number of nitrogens with zero attached hydrogens (tertiary/aromatic N) is 2. The molecule has 1 amide bonds. The normalized spacial score (nSPS) is 15.7. The van der Waals surface area contributed by atoms with Crippen molar-refractivity contribution in [3.05, 3.63) is 53.1 Å². The van der Waals surface area contributed by atoms with Crippen LogP contribution in [0.4, 0.5) is 5.69 Å². The minimum atomic E-state index is -3.80. The van der Waals surface area contributed by atoms with Gasteiger partial charge >= 0.3 is 0 Å². The van der Waals surface area contributed by atoms with E-state index in [0.29, 0.717) is 18.8 Å². The number of hydrogen-bond acceptors (Lipinski definition) is 5. The largest absolute Gasteiger partial charge is 0.322 e. The van der Waals surface area contributed by atoms with Crippen LogP contribution in [0.5, 0.6) is 0 Å². The summed E-state index contributed by atoms with van der Waals surface area (Å²) in [5.41, 5.74) is 0.503. The second kappa shape index (κ2) is 9.25. The first kappa shape index (κ1) is 23.7. The van der Waals surface area contributed by atoms with E-state index < -0.39 is 26.0 Å². The molecule has 3 rings (SSSR count). The van der Waals surface area contributed by atoms with E-state index >= 15 is 0 Å². The fraction of sp³-hybridized carbons (Fsp3) is 0.350. The summed E-state index contributed by atoms with van der Waals surface area (Å²) in [5, 5.41) is 2.70. The maximum atomic E-state index is 13.0. The summed E-state index contributed by atoms with van der Waals surface area (Å²) in [6, 6.07) is 9.81.